The fourth-order valence-electron chi connectivity index (χ4n) is 1.29. The molecule has 0 aliphatic heterocycles. The maximum absolute atomic E-state index is 11.2. The minimum Gasteiger partial charge on any atom is -0.434 e. The number of hydrogen-bond acceptors (Lipinski definition) is 5. The van der Waals surface area contributed by atoms with Crippen LogP contribution < -0.4 is 0 Å². The van der Waals surface area contributed by atoms with E-state index < -0.39 is 6.16 Å². The zero-order chi connectivity index (χ0) is 13.6. The van der Waals surface area contributed by atoms with Gasteiger partial charge in [0.25, 0.3) is 0 Å². The van der Waals surface area contributed by atoms with Crippen molar-refractivity contribution in [3.8, 4) is 0 Å². The van der Waals surface area contributed by atoms with Crippen LogP contribution >= 0.6 is 0 Å². The molecule has 0 aliphatic carbocycles. The molecule has 0 aliphatic rings. The summed E-state index contributed by atoms with van der Waals surface area (Å²) in [6.07, 6.45) is 3.55. The summed E-state index contributed by atoms with van der Waals surface area (Å²) in [4.78, 5) is 11.2. The summed E-state index contributed by atoms with van der Waals surface area (Å²) >= 11 is 0. The largest absolute Gasteiger partial charge is 0.508 e. The summed E-state index contributed by atoms with van der Waals surface area (Å²) in [5.74, 6) is 0. The van der Waals surface area contributed by atoms with Crippen molar-refractivity contribution >= 4 is 6.16 Å². The highest BCUT2D eigenvalue weighted by Gasteiger charge is 2.08. The van der Waals surface area contributed by atoms with Crippen LogP contribution in [0.4, 0.5) is 4.79 Å². The van der Waals surface area contributed by atoms with E-state index in [2.05, 4.69) is 6.92 Å². The van der Waals surface area contributed by atoms with Crippen molar-refractivity contribution in [2.45, 2.75) is 45.6 Å². The maximum atomic E-state index is 11.2. The minimum atomic E-state index is -0.617. The van der Waals surface area contributed by atoms with Crippen molar-refractivity contribution in [3.63, 3.8) is 0 Å². The Kier molecular flexibility index (Phi) is 12.1. The second-order valence-electron chi connectivity index (χ2n) is 4.14. The normalized spacial score (nSPS) is 12.2. The summed E-state index contributed by atoms with van der Waals surface area (Å²) in [5.41, 5.74) is 0. The molecule has 0 bridgehead atoms. The predicted molar refractivity (Wildman–Crippen MR) is 68.7 cm³/mol. The fraction of sp³-hybridized carbons (Fsp3) is 0.923. The molecule has 0 amide bonds. The van der Waals surface area contributed by atoms with Crippen LogP contribution in [-0.2, 0) is 18.9 Å². The molecule has 0 radical (unpaired) electrons. The van der Waals surface area contributed by atoms with Crippen molar-refractivity contribution < 1.29 is 23.7 Å². The summed E-state index contributed by atoms with van der Waals surface area (Å²) in [6, 6.07) is 0. The van der Waals surface area contributed by atoms with Gasteiger partial charge in [0.05, 0.1) is 25.9 Å². The van der Waals surface area contributed by atoms with E-state index in [-0.39, 0.29) is 12.7 Å². The first kappa shape index (κ1) is 17.2. The fourth-order valence-corrected chi connectivity index (χ4v) is 1.29. The smallest absolute Gasteiger partial charge is 0.434 e. The molecule has 0 N–H and O–H groups in total. The topological polar surface area (TPSA) is 54.0 Å². The number of carbonyl (C=O) groups excluding carboxylic acids is 1. The van der Waals surface area contributed by atoms with Gasteiger partial charge < -0.3 is 18.9 Å². The minimum absolute atomic E-state index is 0.146. The molecule has 0 aromatic carbocycles. The Morgan fingerprint density at radius 1 is 1.06 bits per heavy atom. The third-order valence-corrected chi connectivity index (χ3v) is 2.34. The molecule has 0 aromatic rings. The predicted octanol–water partition coefficient (Wildman–Crippen LogP) is 2.77. The Bertz CT molecular complexity index is 196. The van der Waals surface area contributed by atoms with Gasteiger partial charge in [-0.2, -0.15) is 0 Å². The van der Waals surface area contributed by atoms with Gasteiger partial charge in [0, 0.05) is 7.11 Å². The number of hydrogen-bond donors (Lipinski definition) is 0. The first-order valence-electron chi connectivity index (χ1n) is 6.60. The third kappa shape index (κ3) is 11.7. The molecule has 0 spiro atoms. The summed E-state index contributed by atoms with van der Waals surface area (Å²) in [5, 5.41) is 0. The maximum Gasteiger partial charge on any atom is 0.508 e. The highest BCUT2D eigenvalue weighted by Crippen LogP contribution is 2.00. The molecular formula is C13H26O5. The van der Waals surface area contributed by atoms with Gasteiger partial charge >= 0.3 is 6.16 Å². The lowest BCUT2D eigenvalue weighted by atomic mass is 10.2. The molecule has 18 heavy (non-hydrogen) atoms. The summed E-state index contributed by atoms with van der Waals surface area (Å²) in [6.45, 7) is 5.64. The van der Waals surface area contributed by atoms with Crippen LogP contribution in [0.1, 0.15) is 39.5 Å². The van der Waals surface area contributed by atoms with E-state index in [1.807, 2.05) is 6.92 Å². The van der Waals surface area contributed by atoms with Crippen LogP contribution in [0.25, 0.3) is 0 Å². The van der Waals surface area contributed by atoms with E-state index >= 15 is 0 Å². The van der Waals surface area contributed by atoms with Crippen LogP contribution in [0.2, 0.25) is 0 Å². The Morgan fingerprint density at radius 3 is 2.50 bits per heavy atom. The molecule has 5 nitrogen and oxygen atoms in total. The first-order chi connectivity index (χ1) is 8.70. The lowest BCUT2D eigenvalue weighted by Gasteiger charge is -2.13. The van der Waals surface area contributed by atoms with E-state index in [1.165, 1.54) is 12.8 Å². The van der Waals surface area contributed by atoms with E-state index in [0.717, 1.165) is 12.8 Å². The van der Waals surface area contributed by atoms with Crippen LogP contribution in [0, 0.1) is 0 Å². The number of methoxy groups -OCH3 is 1. The van der Waals surface area contributed by atoms with Crippen molar-refractivity contribution in [2.24, 2.45) is 0 Å². The summed E-state index contributed by atoms with van der Waals surface area (Å²) in [7, 11) is 1.61. The highest BCUT2D eigenvalue weighted by atomic mass is 16.7. The van der Waals surface area contributed by atoms with Gasteiger partial charge in [0.1, 0.15) is 6.61 Å². The van der Waals surface area contributed by atoms with Gasteiger partial charge in [-0.25, -0.2) is 4.79 Å². The van der Waals surface area contributed by atoms with E-state index in [4.69, 9.17) is 18.9 Å². The van der Waals surface area contributed by atoms with Crippen LogP contribution in [0.15, 0.2) is 0 Å². The highest BCUT2D eigenvalue weighted by molar-refractivity contribution is 5.59. The summed E-state index contributed by atoms with van der Waals surface area (Å²) < 4.78 is 20.0. The van der Waals surface area contributed by atoms with Gasteiger partial charge in [-0.3, -0.25) is 0 Å². The van der Waals surface area contributed by atoms with Crippen LogP contribution in [-0.4, -0.2) is 45.8 Å². The molecule has 0 saturated heterocycles. The van der Waals surface area contributed by atoms with Gasteiger partial charge in [0.15, 0.2) is 0 Å². The third-order valence-electron chi connectivity index (χ3n) is 2.34. The van der Waals surface area contributed by atoms with E-state index in [9.17, 15) is 4.79 Å². The zero-order valence-electron chi connectivity index (χ0n) is 11.8. The van der Waals surface area contributed by atoms with Gasteiger partial charge in [0.2, 0.25) is 0 Å². The number of rotatable bonds is 11. The lowest BCUT2D eigenvalue weighted by Crippen LogP contribution is -2.21. The Balaban J connectivity index is 3.34. The SMILES string of the molecule is CCCCCCOC(=O)OCC(C)OCCOC. The standard InChI is InChI=1S/C13H26O5/c1-4-5-6-7-8-17-13(14)18-11-12(2)16-10-9-15-3/h12H,4-11H2,1-3H3. The Morgan fingerprint density at radius 2 is 1.83 bits per heavy atom. The van der Waals surface area contributed by atoms with Gasteiger partial charge in [-0.15, -0.1) is 0 Å². The van der Waals surface area contributed by atoms with Crippen molar-refractivity contribution in [1.82, 2.24) is 0 Å². The van der Waals surface area contributed by atoms with Crippen molar-refractivity contribution in [1.29, 1.82) is 0 Å². The van der Waals surface area contributed by atoms with Gasteiger partial charge in [-0.05, 0) is 13.3 Å². The van der Waals surface area contributed by atoms with Crippen LogP contribution in [0.5, 0.6) is 0 Å². The van der Waals surface area contributed by atoms with Crippen molar-refractivity contribution in [2.75, 3.05) is 33.5 Å². The van der Waals surface area contributed by atoms with E-state index in [0.29, 0.717) is 19.8 Å². The quantitative estimate of drug-likeness (QED) is 0.423. The zero-order valence-corrected chi connectivity index (χ0v) is 11.8. The Labute approximate surface area is 110 Å². The molecule has 0 saturated carbocycles. The first-order valence-corrected chi connectivity index (χ1v) is 6.60. The molecule has 5 heteroatoms. The second kappa shape index (κ2) is 12.6. The molecule has 0 fully saturated rings. The molecule has 1 unspecified atom stereocenters. The molecule has 0 aromatic heterocycles. The van der Waals surface area contributed by atoms with E-state index in [1.54, 1.807) is 7.11 Å². The average Bonchev–Trinajstić information content (AvgIpc) is 2.36. The van der Waals surface area contributed by atoms with Gasteiger partial charge in [-0.1, -0.05) is 26.2 Å². The molecule has 1 atom stereocenters. The number of unbranched alkanes of at least 4 members (excludes halogenated alkanes) is 3. The second-order valence-corrected chi connectivity index (χ2v) is 4.14. The molecular weight excluding hydrogens is 236 g/mol. The van der Waals surface area contributed by atoms with Crippen LogP contribution in [0.3, 0.4) is 0 Å². The monoisotopic (exact) mass is 262 g/mol. The number of ether oxygens (including phenoxy) is 4. The van der Waals surface area contributed by atoms with Crippen molar-refractivity contribution in [3.05, 3.63) is 0 Å². The molecule has 108 valence electrons. The molecule has 0 heterocycles. The number of carbonyl (C=O) groups is 1. The Hall–Kier alpha value is -0.810. The lowest BCUT2D eigenvalue weighted by molar-refractivity contribution is -0.0227. The molecule has 0 rings (SSSR count). The average molecular weight is 262 g/mol.